The van der Waals surface area contributed by atoms with Crippen molar-refractivity contribution in [3.05, 3.63) is 33.8 Å². The fourth-order valence-corrected chi connectivity index (χ4v) is 3.61. The smallest absolute Gasteiger partial charge is 0.274 e. The van der Waals surface area contributed by atoms with Crippen molar-refractivity contribution < 1.29 is 4.79 Å². The Labute approximate surface area is 118 Å². The number of nitrogens with zero attached hydrogens (tertiary/aromatic N) is 2. The van der Waals surface area contributed by atoms with Crippen molar-refractivity contribution in [2.45, 2.75) is 13.8 Å². The molecule has 0 aliphatic carbocycles. The Kier molecular flexibility index (Phi) is 2.91. The lowest BCUT2D eigenvalue weighted by atomic mass is 10.4. The van der Waals surface area contributed by atoms with Crippen LogP contribution in [0, 0.1) is 13.8 Å². The molecule has 0 aliphatic heterocycles. The molecule has 0 saturated carbocycles. The maximum Gasteiger partial charge on any atom is 0.274 e. The molecule has 1 amide bonds. The zero-order valence-electron chi connectivity index (χ0n) is 10.9. The zero-order chi connectivity index (χ0) is 13.6. The van der Waals surface area contributed by atoms with Gasteiger partial charge in [-0.15, -0.1) is 22.7 Å². The first-order valence-electron chi connectivity index (χ1n) is 5.84. The molecule has 0 atom stereocenters. The number of hydrogen-bond donors (Lipinski definition) is 1. The van der Waals surface area contributed by atoms with Gasteiger partial charge in [0.2, 0.25) is 0 Å². The minimum absolute atomic E-state index is 0.111. The molecule has 0 radical (unpaired) electrons. The molecule has 19 heavy (non-hydrogen) atoms. The standard InChI is InChI=1S/C13H13N3OS2/c1-7-8(2)19-13(14-7)15-12(17)10-6-11-9(16(10)3)4-5-18-11/h4-6H,1-3H3,(H,14,15,17). The summed E-state index contributed by atoms with van der Waals surface area (Å²) in [7, 11) is 1.91. The van der Waals surface area contributed by atoms with Crippen LogP contribution >= 0.6 is 22.7 Å². The van der Waals surface area contributed by atoms with Gasteiger partial charge in [-0.25, -0.2) is 4.98 Å². The van der Waals surface area contributed by atoms with E-state index in [1.54, 1.807) is 11.3 Å². The minimum atomic E-state index is -0.111. The van der Waals surface area contributed by atoms with Crippen LogP contribution < -0.4 is 5.32 Å². The molecule has 0 saturated heterocycles. The van der Waals surface area contributed by atoms with E-state index in [0.717, 1.165) is 20.8 Å². The average molecular weight is 291 g/mol. The molecule has 98 valence electrons. The van der Waals surface area contributed by atoms with Crippen molar-refractivity contribution in [1.29, 1.82) is 0 Å². The third-order valence-electron chi connectivity index (χ3n) is 3.15. The number of nitrogens with one attached hydrogen (secondary N) is 1. The summed E-state index contributed by atoms with van der Waals surface area (Å²) in [6.45, 7) is 3.95. The van der Waals surface area contributed by atoms with Crippen LogP contribution in [0.15, 0.2) is 17.5 Å². The van der Waals surface area contributed by atoms with E-state index >= 15 is 0 Å². The summed E-state index contributed by atoms with van der Waals surface area (Å²) >= 11 is 3.14. The molecule has 0 aliphatic rings. The van der Waals surface area contributed by atoms with Crippen LogP contribution in [0.2, 0.25) is 0 Å². The third-order valence-corrected chi connectivity index (χ3v) is 4.99. The van der Waals surface area contributed by atoms with Crippen molar-refractivity contribution >= 4 is 43.9 Å². The first kappa shape index (κ1) is 12.4. The summed E-state index contributed by atoms with van der Waals surface area (Å²) in [6.07, 6.45) is 0. The number of thiazole rings is 1. The normalized spacial score (nSPS) is 11.1. The highest BCUT2D eigenvalue weighted by molar-refractivity contribution is 7.17. The molecule has 0 aromatic carbocycles. The van der Waals surface area contributed by atoms with Gasteiger partial charge in [0.1, 0.15) is 5.69 Å². The lowest BCUT2D eigenvalue weighted by molar-refractivity contribution is 0.102. The molecular formula is C13H13N3OS2. The van der Waals surface area contributed by atoms with Gasteiger partial charge in [0.25, 0.3) is 5.91 Å². The summed E-state index contributed by atoms with van der Waals surface area (Å²) < 4.78 is 3.04. The molecule has 3 rings (SSSR count). The lowest BCUT2D eigenvalue weighted by Gasteiger charge is -2.03. The van der Waals surface area contributed by atoms with Crippen LogP contribution in [0.3, 0.4) is 0 Å². The molecule has 3 heterocycles. The van der Waals surface area contributed by atoms with Gasteiger partial charge < -0.3 is 4.57 Å². The number of anilines is 1. The zero-order valence-corrected chi connectivity index (χ0v) is 12.5. The number of hydrogen-bond acceptors (Lipinski definition) is 4. The van der Waals surface area contributed by atoms with Gasteiger partial charge in [0.15, 0.2) is 5.13 Å². The van der Waals surface area contributed by atoms with Gasteiger partial charge >= 0.3 is 0 Å². The SMILES string of the molecule is Cc1nc(NC(=O)c2cc3sccc3n2C)sc1C. The number of aryl methyl sites for hydroxylation is 3. The van der Waals surface area contributed by atoms with Crippen molar-refractivity contribution in [2.75, 3.05) is 5.32 Å². The monoisotopic (exact) mass is 291 g/mol. The molecule has 0 fully saturated rings. The number of carbonyl (C=O) groups excluding carboxylic acids is 1. The highest BCUT2D eigenvalue weighted by Gasteiger charge is 2.15. The molecule has 0 bridgehead atoms. The van der Waals surface area contributed by atoms with E-state index in [2.05, 4.69) is 10.3 Å². The molecule has 3 aromatic heterocycles. The third kappa shape index (κ3) is 2.06. The van der Waals surface area contributed by atoms with E-state index in [4.69, 9.17) is 0 Å². The van der Waals surface area contributed by atoms with Crippen molar-refractivity contribution in [2.24, 2.45) is 7.05 Å². The quantitative estimate of drug-likeness (QED) is 0.784. The van der Waals surface area contributed by atoms with E-state index in [-0.39, 0.29) is 5.91 Å². The van der Waals surface area contributed by atoms with Gasteiger partial charge in [-0.1, -0.05) is 0 Å². The maximum atomic E-state index is 12.3. The van der Waals surface area contributed by atoms with Crippen LogP contribution in [-0.2, 0) is 7.05 Å². The first-order chi connectivity index (χ1) is 9.06. The van der Waals surface area contributed by atoms with Gasteiger partial charge in [0.05, 0.1) is 15.9 Å². The van der Waals surface area contributed by atoms with Crippen LogP contribution in [-0.4, -0.2) is 15.5 Å². The van der Waals surface area contributed by atoms with Crippen LogP contribution in [0.4, 0.5) is 5.13 Å². The highest BCUT2D eigenvalue weighted by Crippen LogP contribution is 2.26. The van der Waals surface area contributed by atoms with Gasteiger partial charge in [0, 0.05) is 11.9 Å². The second-order valence-corrected chi connectivity index (χ2v) is 6.52. The molecule has 1 N–H and O–H groups in total. The second kappa shape index (κ2) is 4.47. The molecule has 4 nitrogen and oxygen atoms in total. The fraction of sp³-hybridized carbons (Fsp3) is 0.231. The van der Waals surface area contributed by atoms with Crippen molar-refractivity contribution in [3.8, 4) is 0 Å². The number of carbonyl (C=O) groups is 1. The Morgan fingerprint density at radius 2 is 2.21 bits per heavy atom. The Morgan fingerprint density at radius 3 is 2.84 bits per heavy atom. The van der Waals surface area contributed by atoms with Gasteiger partial charge in [-0.3, -0.25) is 10.1 Å². The number of aromatic nitrogens is 2. The minimum Gasteiger partial charge on any atom is -0.339 e. The van der Waals surface area contributed by atoms with E-state index < -0.39 is 0 Å². The van der Waals surface area contributed by atoms with E-state index in [1.807, 2.05) is 43.0 Å². The predicted octanol–water partition coefficient (Wildman–Crippen LogP) is 3.57. The first-order valence-corrected chi connectivity index (χ1v) is 7.54. The van der Waals surface area contributed by atoms with Gasteiger partial charge in [-0.2, -0.15) is 0 Å². The largest absolute Gasteiger partial charge is 0.339 e. The van der Waals surface area contributed by atoms with Crippen molar-refractivity contribution in [3.63, 3.8) is 0 Å². The fourth-order valence-electron chi connectivity index (χ4n) is 1.96. The summed E-state index contributed by atoms with van der Waals surface area (Å²) in [5, 5.41) is 5.55. The Bertz CT molecular complexity index is 747. The maximum absolute atomic E-state index is 12.3. The highest BCUT2D eigenvalue weighted by atomic mass is 32.1. The molecular weight excluding hydrogens is 278 g/mol. The molecule has 3 aromatic rings. The number of thiophene rings is 1. The van der Waals surface area contributed by atoms with Crippen molar-refractivity contribution in [1.82, 2.24) is 9.55 Å². The number of rotatable bonds is 2. The van der Waals surface area contributed by atoms with Crippen LogP contribution in [0.5, 0.6) is 0 Å². The molecule has 0 spiro atoms. The Morgan fingerprint density at radius 1 is 1.42 bits per heavy atom. The summed E-state index contributed by atoms with van der Waals surface area (Å²) in [5.74, 6) is -0.111. The van der Waals surface area contributed by atoms with E-state index in [9.17, 15) is 4.79 Å². The molecule has 6 heteroatoms. The number of amides is 1. The van der Waals surface area contributed by atoms with Crippen LogP contribution in [0.25, 0.3) is 10.2 Å². The summed E-state index contributed by atoms with van der Waals surface area (Å²) in [5.41, 5.74) is 2.71. The summed E-state index contributed by atoms with van der Waals surface area (Å²) in [4.78, 5) is 17.7. The van der Waals surface area contributed by atoms with Crippen LogP contribution in [0.1, 0.15) is 21.1 Å². The topological polar surface area (TPSA) is 46.9 Å². The Hall–Kier alpha value is -1.66. The van der Waals surface area contributed by atoms with E-state index in [0.29, 0.717) is 10.8 Å². The van der Waals surface area contributed by atoms with E-state index in [1.165, 1.54) is 11.3 Å². The molecule has 0 unspecified atom stereocenters. The summed E-state index contributed by atoms with van der Waals surface area (Å²) in [6, 6.07) is 3.94. The average Bonchev–Trinajstić information content (AvgIpc) is 2.99. The predicted molar refractivity (Wildman–Crippen MR) is 80.3 cm³/mol. The van der Waals surface area contributed by atoms with Gasteiger partial charge in [-0.05, 0) is 31.4 Å². The Balaban J connectivity index is 1.91. The number of fused-ring (bicyclic) bond motifs is 1. The second-order valence-electron chi connectivity index (χ2n) is 4.37. The lowest BCUT2D eigenvalue weighted by Crippen LogP contribution is -2.15.